The van der Waals surface area contributed by atoms with Crippen molar-refractivity contribution < 1.29 is 14.3 Å². The third-order valence-electron chi connectivity index (χ3n) is 2.83. The molecular weight excluding hydrogens is 282 g/mol. The van der Waals surface area contributed by atoms with E-state index in [0.717, 1.165) is 0 Å². The highest BCUT2D eigenvalue weighted by molar-refractivity contribution is 5.97. The first kappa shape index (κ1) is 15.2. The van der Waals surface area contributed by atoms with Crippen molar-refractivity contribution in [1.82, 2.24) is 4.98 Å². The summed E-state index contributed by atoms with van der Waals surface area (Å²) in [4.78, 5) is 27.6. The van der Waals surface area contributed by atoms with Crippen molar-refractivity contribution in [2.24, 2.45) is 0 Å². The van der Waals surface area contributed by atoms with Gasteiger partial charge in [-0.15, -0.1) is 0 Å². The van der Waals surface area contributed by atoms with Gasteiger partial charge in [-0.3, -0.25) is 9.78 Å². The molecule has 1 aromatic heterocycles. The molecule has 2 rings (SSSR count). The normalized spacial score (nSPS) is 11.1. The maximum atomic E-state index is 12.0. The Bertz CT molecular complexity index is 723. The van der Waals surface area contributed by atoms with Crippen molar-refractivity contribution in [3.8, 4) is 6.07 Å². The lowest BCUT2D eigenvalue weighted by Gasteiger charge is -2.13. The number of rotatable bonds is 4. The van der Waals surface area contributed by atoms with Crippen LogP contribution < -0.4 is 5.32 Å². The molecule has 0 aliphatic carbocycles. The molecule has 1 amide bonds. The number of amides is 1. The van der Waals surface area contributed by atoms with Gasteiger partial charge in [0.05, 0.1) is 17.2 Å². The molecule has 0 radical (unpaired) electrons. The van der Waals surface area contributed by atoms with Gasteiger partial charge in [-0.1, -0.05) is 6.07 Å². The number of ether oxygens (including phenoxy) is 1. The van der Waals surface area contributed by atoms with Crippen LogP contribution in [-0.2, 0) is 9.53 Å². The van der Waals surface area contributed by atoms with Crippen molar-refractivity contribution in [3.05, 3.63) is 59.9 Å². The van der Waals surface area contributed by atoms with Crippen LogP contribution in [0.25, 0.3) is 0 Å². The molecule has 0 bridgehead atoms. The number of nitriles is 1. The molecule has 0 saturated carbocycles. The lowest BCUT2D eigenvalue weighted by Crippen LogP contribution is -2.30. The second-order valence-electron chi connectivity index (χ2n) is 4.47. The summed E-state index contributed by atoms with van der Waals surface area (Å²) in [6.45, 7) is 1.47. The van der Waals surface area contributed by atoms with Crippen LogP contribution in [0.2, 0.25) is 0 Å². The fraction of sp³-hybridized carbons (Fsp3) is 0.125. The SMILES string of the molecule is C[C@@H](OC(=O)c1ccncc1)C(=O)Nc1cccc(C#N)c1. The van der Waals surface area contributed by atoms with Crippen molar-refractivity contribution >= 4 is 17.6 Å². The average molecular weight is 295 g/mol. The molecular formula is C16H13N3O3. The molecule has 6 nitrogen and oxygen atoms in total. The maximum absolute atomic E-state index is 12.0. The molecule has 0 spiro atoms. The quantitative estimate of drug-likeness (QED) is 0.872. The van der Waals surface area contributed by atoms with Gasteiger partial charge >= 0.3 is 5.97 Å². The smallest absolute Gasteiger partial charge is 0.339 e. The molecule has 0 fully saturated rings. The molecule has 0 aliphatic heterocycles. The Morgan fingerprint density at radius 2 is 2.00 bits per heavy atom. The van der Waals surface area contributed by atoms with Crippen molar-refractivity contribution in [3.63, 3.8) is 0 Å². The van der Waals surface area contributed by atoms with Crippen LogP contribution in [0.1, 0.15) is 22.8 Å². The highest BCUT2D eigenvalue weighted by Gasteiger charge is 2.19. The van der Waals surface area contributed by atoms with Crippen LogP contribution in [0.4, 0.5) is 5.69 Å². The summed E-state index contributed by atoms with van der Waals surface area (Å²) in [5.41, 5.74) is 1.22. The molecule has 1 heterocycles. The van der Waals surface area contributed by atoms with E-state index < -0.39 is 18.0 Å². The number of esters is 1. The lowest BCUT2D eigenvalue weighted by molar-refractivity contribution is -0.123. The number of carbonyl (C=O) groups excluding carboxylic acids is 2. The van der Waals surface area contributed by atoms with E-state index in [0.29, 0.717) is 16.8 Å². The van der Waals surface area contributed by atoms with Gasteiger partial charge in [0.15, 0.2) is 6.10 Å². The Balaban J connectivity index is 1.97. The Hall–Kier alpha value is -3.20. The number of nitrogens with one attached hydrogen (secondary N) is 1. The zero-order chi connectivity index (χ0) is 15.9. The molecule has 110 valence electrons. The molecule has 0 aliphatic rings. The monoisotopic (exact) mass is 295 g/mol. The molecule has 0 unspecified atom stereocenters. The van der Waals surface area contributed by atoms with E-state index >= 15 is 0 Å². The molecule has 22 heavy (non-hydrogen) atoms. The van der Waals surface area contributed by atoms with Gasteiger partial charge in [0.2, 0.25) is 0 Å². The number of pyridine rings is 1. The molecule has 6 heteroatoms. The highest BCUT2D eigenvalue weighted by Crippen LogP contribution is 2.11. The minimum Gasteiger partial charge on any atom is -0.449 e. The van der Waals surface area contributed by atoms with E-state index in [4.69, 9.17) is 10.00 Å². The van der Waals surface area contributed by atoms with Crippen molar-refractivity contribution in [2.45, 2.75) is 13.0 Å². The fourth-order valence-electron chi connectivity index (χ4n) is 1.68. The number of hydrogen-bond acceptors (Lipinski definition) is 5. The summed E-state index contributed by atoms with van der Waals surface area (Å²) in [6.07, 6.45) is 1.97. The number of nitrogens with zero attached hydrogens (tertiary/aromatic N) is 2. The number of benzene rings is 1. The number of hydrogen-bond donors (Lipinski definition) is 1. The van der Waals surface area contributed by atoms with Gasteiger partial charge in [-0.05, 0) is 37.3 Å². The minimum absolute atomic E-state index is 0.320. The number of carbonyl (C=O) groups is 2. The van der Waals surface area contributed by atoms with Crippen molar-refractivity contribution in [1.29, 1.82) is 5.26 Å². The Morgan fingerprint density at radius 3 is 2.68 bits per heavy atom. The van der Waals surface area contributed by atoms with E-state index in [1.807, 2.05) is 6.07 Å². The molecule has 1 aromatic carbocycles. The topological polar surface area (TPSA) is 92.1 Å². The van der Waals surface area contributed by atoms with Crippen LogP contribution in [0.15, 0.2) is 48.8 Å². The summed E-state index contributed by atoms with van der Waals surface area (Å²) in [7, 11) is 0. The summed E-state index contributed by atoms with van der Waals surface area (Å²) in [6, 6.07) is 11.5. The Kier molecular flexibility index (Phi) is 4.83. The molecule has 0 saturated heterocycles. The Labute approximate surface area is 127 Å². The van der Waals surface area contributed by atoms with Gasteiger partial charge < -0.3 is 10.1 Å². The van der Waals surface area contributed by atoms with Crippen LogP contribution >= 0.6 is 0 Å². The molecule has 2 aromatic rings. The molecule has 1 N–H and O–H groups in total. The van der Waals surface area contributed by atoms with E-state index in [-0.39, 0.29) is 0 Å². The Morgan fingerprint density at radius 1 is 1.27 bits per heavy atom. The van der Waals surface area contributed by atoms with E-state index in [9.17, 15) is 9.59 Å². The van der Waals surface area contributed by atoms with Gasteiger partial charge in [0.1, 0.15) is 0 Å². The van der Waals surface area contributed by atoms with E-state index in [1.165, 1.54) is 37.5 Å². The maximum Gasteiger partial charge on any atom is 0.339 e. The van der Waals surface area contributed by atoms with Gasteiger partial charge in [-0.2, -0.15) is 5.26 Å². The molecule has 1 atom stereocenters. The standard InChI is InChI=1S/C16H13N3O3/c1-11(22-16(21)13-5-7-18-8-6-13)15(20)19-14-4-2-3-12(9-14)10-17/h2-9,11H,1H3,(H,19,20)/t11-/m1/s1. The largest absolute Gasteiger partial charge is 0.449 e. The fourth-order valence-corrected chi connectivity index (χ4v) is 1.68. The zero-order valence-electron chi connectivity index (χ0n) is 11.8. The first-order valence-corrected chi connectivity index (χ1v) is 6.52. The van der Waals surface area contributed by atoms with Crippen LogP contribution in [0, 0.1) is 11.3 Å². The van der Waals surface area contributed by atoms with E-state index in [1.54, 1.807) is 18.2 Å². The second-order valence-corrected chi connectivity index (χ2v) is 4.47. The predicted molar refractivity (Wildman–Crippen MR) is 78.9 cm³/mol. The average Bonchev–Trinajstić information content (AvgIpc) is 2.55. The van der Waals surface area contributed by atoms with Crippen LogP contribution in [0.3, 0.4) is 0 Å². The third-order valence-corrected chi connectivity index (χ3v) is 2.83. The van der Waals surface area contributed by atoms with Gasteiger partial charge in [0.25, 0.3) is 5.91 Å². The number of aromatic nitrogens is 1. The first-order chi connectivity index (χ1) is 10.6. The van der Waals surface area contributed by atoms with Gasteiger partial charge in [0, 0.05) is 18.1 Å². The first-order valence-electron chi connectivity index (χ1n) is 6.52. The third kappa shape index (κ3) is 3.90. The summed E-state index contributed by atoms with van der Waals surface area (Å²) in [5, 5.41) is 11.4. The van der Waals surface area contributed by atoms with Crippen LogP contribution in [-0.4, -0.2) is 23.0 Å². The van der Waals surface area contributed by atoms with E-state index in [2.05, 4.69) is 10.3 Å². The highest BCUT2D eigenvalue weighted by atomic mass is 16.5. The van der Waals surface area contributed by atoms with Crippen LogP contribution in [0.5, 0.6) is 0 Å². The zero-order valence-corrected chi connectivity index (χ0v) is 11.8. The lowest BCUT2D eigenvalue weighted by atomic mass is 10.2. The van der Waals surface area contributed by atoms with Crippen molar-refractivity contribution in [2.75, 3.05) is 5.32 Å². The predicted octanol–water partition coefficient (Wildman–Crippen LogP) is 2.14. The van der Waals surface area contributed by atoms with Gasteiger partial charge in [-0.25, -0.2) is 4.79 Å². The second kappa shape index (κ2) is 6.99. The minimum atomic E-state index is -0.966. The summed E-state index contributed by atoms with van der Waals surface area (Å²) >= 11 is 0. The summed E-state index contributed by atoms with van der Waals surface area (Å²) in [5.74, 6) is -1.08. The summed E-state index contributed by atoms with van der Waals surface area (Å²) < 4.78 is 5.08. The number of anilines is 1.